The first kappa shape index (κ1) is 16.0. The van der Waals surface area contributed by atoms with E-state index >= 15 is 0 Å². The summed E-state index contributed by atoms with van der Waals surface area (Å²) in [6, 6.07) is 7.68. The molecule has 0 saturated heterocycles. The van der Waals surface area contributed by atoms with Crippen molar-refractivity contribution in [3.63, 3.8) is 0 Å². The Bertz CT molecular complexity index is 787. The van der Waals surface area contributed by atoms with Gasteiger partial charge in [-0.1, -0.05) is 57.5 Å². The highest BCUT2D eigenvalue weighted by atomic mass is 32.2. The van der Waals surface area contributed by atoms with E-state index in [0.717, 1.165) is 16.5 Å². The first-order valence-electron chi connectivity index (χ1n) is 7.17. The van der Waals surface area contributed by atoms with Gasteiger partial charge in [0.05, 0.1) is 0 Å². The molecule has 0 saturated carbocycles. The van der Waals surface area contributed by atoms with Crippen LogP contribution in [0.5, 0.6) is 0 Å². The molecule has 0 heterocycles. The lowest BCUT2D eigenvalue weighted by molar-refractivity contribution is 0.482. The molecule has 0 aliphatic heterocycles. The topological polar surface area (TPSA) is 54.4 Å². The minimum absolute atomic E-state index is 0.0179. The van der Waals surface area contributed by atoms with Crippen LogP contribution in [0.2, 0.25) is 0 Å². The lowest BCUT2D eigenvalue weighted by Crippen LogP contribution is -2.08. The van der Waals surface area contributed by atoms with Crippen LogP contribution >= 0.6 is 0 Å². The Kier molecular flexibility index (Phi) is 4.13. The zero-order valence-electron chi connectivity index (χ0n) is 13.1. The Morgan fingerprint density at radius 3 is 1.95 bits per heavy atom. The smallest absolute Gasteiger partial charge is 0.282 e. The summed E-state index contributed by atoms with van der Waals surface area (Å²) in [6.07, 6.45) is 0. The largest absolute Gasteiger partial charge is 0.295 e. The van der Waals surface area contributed by atoms with Crippen LogP contribution in [0, 0.1) is 6.92 Å². The minimum Gasteiger partial charge on any atom is -0.282 e. The molecule has 0 unspecified atom stereocenters. The molecule has 0 aromatic heterocycles. The maximum absolute atomic E-state index is 11.9. The molecule has 0 bridgehead atoms. The van der Waals surface area contributed by atoms with Crippen LogP contribution in [0.3, 0.4) is 0 Å². The molecule has 114 valence electrons. The maximum Gasteiger partial charge on any atom is 0.295 e. The average molecular weight is 306 g/mol. The molecule has 2 aromatic rings. The van der Waals surface area contributed by atoms with Crippen molar-refractivity contribution in [1.82, 2.24) is 0 Å². The number of hydrogen-bond acceptors (Lipinski definition) is 2. The Hall–Kier alpha value is -1.39. The lowest BCUT2D eigenvalue weighted by atomic mass is 9.89. The fraction of sp³-hybridized carbons (Fsp3) is 0.412. The molecule has 0 fully saturated rings. The van der Waals surface area contributed by atoms with E-state index in [9.17, 15) is 13.0 Å². The highest BCUT2D eigenvalue weighted by Crippen LogP contribution is 2.37. The summed E-state index contributed by atoms with van der Waals surface area (Å²) in [6.45, 7) is 9.98. The molecule has 0 radical (unpaired) electrons. The summed E-state index contributed by atoms with van der Waals surface area (Å²) in [5.41, 5.74) is 2.77. The second kappa shape index (κ2) is 5.43. The quantitative estimate of drug-likeness (QED) is 0.840. The number of fused-ring (bicyclic) bond motifs is 1. The molecule has 2 rings (SSSR count). The van der Waals surface area contributed by atoms with Crippen LogP contribution in [0.4, 0.5) is 0 Å². The van der Waals surface area contributed by atoms with Gasteiger partial charge in [-0.3, -0.25) is 4.55 Å². The van der Waals surface area contributed by atoms with Crippen LogP contribution in [0.25, 0.3) is 10.8 Å². The lowest BCUT2D eigenvalue weighted by Gasteiger charge is -2.19. The molecule has 1 N–H and O–H groups in total. The van der Waals surface area contributed by atoms with Gasteiger partial charge in [0.15, 0.2) is 0 Å². The molecule has 0 atom stereocenters. The molecule has 0 aliphatic rings. The zero-order chi connectivity index (χ0) is 15.9. The van der Waals surface area contributed by atoms with E-state index in [1.165, 1.54) is 0 Å². The van der Waals surface area contributed by atoms with E-state index in [4.69, 9.17) is 0 Å². The number of rotatable bonds is 3. The number of aryl methyl sites for hydroxylation is 1. The molecule has 0 spiro atoms. The predicted octanol–water partition coefficient (Wildman–Crippen LogP) is 4.64. The fourth-order valence-electron chi connectivity index (χ4n) is 2.76. The Morgan fingerprint density at radius 1 is 0.905 bits per heavy atom. The van der Waals surface area contributed by atoms with Crippen LogP contribution in [-0.2, 0) is 10.1 Å². The van der Waals surface area contributed by atoms with Crippen molar-refractivity contribution in [1.29, 1.82) is 0 Å². The van der Waals surface area contributed by atoms with Gasteiger partial charge in [0, 0.05) is 5.39 Å². The highest BCUT2D eigenvalue weighted by molar-refractivity contribution is 7.86. The molecule has 3 nitrogen and oxygen atoms in total. The molecule has 0 aliphatic carbocycles. The van der Waals surface area contributed by atoms with Crippen LogP contribution < -0.4 is 0 Å². The Labute approximate surface area is 126 Å². The molecule has 2 aromatic carbocycles. The predicted molar refractivity (Wildman–Crippen MR) is 86.7 cm³/mol. The van der Waals surface area contributed by atoms with Crippen molar-refractivity contribution in [3.8, 4) is 0 Å². The van der Waals surface area contributed by atoms with E-state index in [0.29, 0.717) is 10.9 Å². The second-order valence-corrected chi connectivity index (χ2v) is 7.58. The third-order valence-electron chi connectivity index (χ3n) is 3.81. The summed E-state index contributed by atoms with van der Waals surface area (Å²) in [5.74, 6) is 0.299. The molecule has 21 heavy (non-hydrogen) atoms. The normalized spacial score (nSPS) is 12.6. The van der Waals surface area contributed by atoms with E-state index in [1.54, 1.807) is 0 Å². The van der Waals surface area contributed by atoms with E-state index in [1.807, 2.05) is 45.0 Å². The number of hydrogen-bond donors (Lipinski definition) is 1. The standard InChI is InChI=1S/C17H22O3S/c1-10(2)14-9-15(11(3)4)17(21(18,19)20)16-8-12(5)6-7-13(14)16/h6-11H,1-5H3,(H,18,19,20). The van der Waals surface area contributed by atoms with Gasteiger partial charge in [-0.2, -0.15) is 8.42 Å². The van der Waals surface area contributed by atoms with Gasteiger partial charge in [-0.05, 0) is 35.3 Å². The summed E-state index contributed by atoms with van der Waals surface area (Å²) in [7, 11) is -4.26. The Balaban J connectivity index is 3.08. The van der Waals surface area contributed by atoms with Gasteiger partial charge in [-0.15, -0.1) is 0 Å². The van der Waals surface area contributed by atoms with E-state index in [2.05, 4.69) is 13.8 Å². The minimum atomic E-state index is -4.26. The van der Waals surface area contributed by atoms with Crippen molar-refractivity contribution < 1.29 is 13.0 Å². The van der Waals surface area contributed by atoms with Crippen molar-refractivity contribution >= 4 is 20.9 Å². The van der Waals surface area contributed by atoms with Gasteiger partial charge in [-0.25, -0.2) is 0 Å². The van der Waals surface area contributed by atoms with E-state index in [-0.39, 0.29) is 16.7 Å². The Morgan fingerprint density at radius 2 is 1.48 bits per heavy atom. The zero-order valence-corrected chi connectivity index (χ0v) is 14.0. The van der Waals surface area contributed by atoms with Gasteiger partial charge in [0.25, 0.3) is 10.1 Å². The maximum atomic E-state index is 11.9. The monoisotopic (exact) mass is 306 g/mol. The third-order valence-corrected chi connectivity index (χ3v) is 4.78. The van der Waals surface area contributed by atoms with Crippen LogP contribution in [0.1, 0.15) is 56.2 Å². The van der Waals surface area contributed by atoms with Crippen LogP contribution in [0.15, 0.2) is 29.2 Å². The molecule has 4 heteroatoms. The van der Waals surface area contributed by atoms with Gasteiger partial charge in [0.2, 0.25) is 0 Å². The first-order chi connectivity index (χ1) is 9.62. The van der Waals surface area contributed by atoms with Gasteiger partial charge < -0.3 is 0 Å². The van der Waals surface area contributed by atoms with Crippen molar-refractivity contribution in [2.45, 2.75) is 51.3 Å². The summed E-state index contributed by atoms with van der Waals surface area (Å²) in [4.78, 5) is 0.0561. The van der Waals surface area contributed by atoms with Crippen molar-refractivity contribution in [3.05, 3.63) is 41.0 Å². The first-order valence-corrected chi connectivity index (χ1v) is 8.61. The molecular weight excluding hydrogens is 284 g/mol. The summed E-state index contributed by atoms with van der Waals surface area (Å²) >= 11 is 0. The number of benzene rings is 2. The average Bonchev–Trinajstić information content (AvgIpc) is 2.34. The van der Waals surface area contributed by atoms with Crippen molar-refractivity contribution in [2.75, 3.05) is 0 Å². The summed E-state index contributed by atoms with van der Waals surface area (Å²) < 4.78 is 33.5. The van der Waals surface area contributed by atoms with Crippen molar-refractivity contribution in [2.24, 2.45) is 0 Å². The fourth-order valence-corrected chi connectivity index (χ4v) is 3.80. The second-order valence-electron chi connectivity index (χ2n) is 6.22. The third kappa shape index (κ3) is 2.97. The molecule has 0 amide bonds. The summed E-state index contributed by atoms with van der Waals surface area (Å²) in [5, 5.41) is 1.51. The SMILES string of the molecule is Cc1ccc2c(C(C)C)cc(C(C)C)c(S(=O)(=O)O)c2c1. The van der Waals surface area contributed by atoms with E-state index < -0.39 is 10.1 Å². The molecular formula is C17H22O3S. The van der Waals surface area contributed by atoms with Gasteiger partial charge >= 0.3 is 0 Å². The highest BCUT2D eigenvalue weighted by Gasteiger charge is 2.23. The van der Waals surface area contributed by atoms with Crippen LogP contribution in [-0.4, -0.2) is 13.0 Å². The van der Waals surface area contributed by atoms with Gasteiger partial charge in [0.1, 0.15) is 4.90 Å².